The molecular formula is C12H10ClN. The Bertz CT molecular complexity index is 505. The Balaban J connectivity index is 2.65. The number of rotatable bonds is 1. The SMILES string of the molecule is C#CC(C)c1c[nH]c2cc(Cl)ccc12. The van der Waals surface area contributed by atoms with Crippen molar-refractivity contribution >= 4 is 22.5 Å². The Morgan fingerprint density at radius 2 is 2.29 bits per heavy atom. The lowest BCUT2D eigenvalue weighted by atomic mass is 10.0. The maximum absolute atomic E-state index is 5.88. The Labute approximate surface area is 88.1 Å². The van der Waals surface area contributed by atoms with Gasteiger partial charge in [-0.15, -0.1) is 6.42 Å². The number of hydrogen-bond acceptors (Lipinski definition) is 0. The number of nitrogens with one attached hydrogen (secondary N) is 1. The van der Waals surface area contributed by atoms with Crippen molar-refractivity contribution in [2.75, 3.05) is 0 Å². The van der Waals surface area contributed by atoms with Crippen LogP contribution >= 0.6 is 11.6 Å². The second-order valence-corrected chi connectivity index (χ2v) is 3.76. The summed E-state index contributed by atoms with van der Waals surface area (Å²) in [4.78, 5) is 3.16. The lowest BCUT2D eigenvalue weighted by Crippen LogP contribution is -1.86. The van der Waals surface area contributed by atoms with Crippen LogP contribution in [0.2, 0.25) is 5.02 Å². The minimum Gasteiger partial charge on any atom is -0.361 e. The maximum atomic E-state index is 5.88. The quantitative estimate of drug-likeness (QED) is 0.683. The Morgan fingerprint density at radius 3 is 3.00 bits per heavy atom. The van der Waals surface area contributed by atoms with Crippen LogP contribution in [0.1, 0.15) is 18.4 Å². The van der Waals surface area contributed by atoms with Gasteiger partial charge in [0, 0.05) is 28.0 Å². The monoisotopic (exact) mass is 203 g/mol. The van der Waals surface area contributed by atoms with Crippen molar-refractivity contribution in [2.24, 2.45) is 0 Å². The predicted molar refractivity (Wildman–Crippen MR) is 60.6 cm³/mol. The highest BCUT2D eigenvalue weighted by Gasteiger charge is 2.08. The van der Waals surface area contributed by atoms with Crippen molar-refractivity contribution in [3.05, 3.63) is 35.0 Å². The molecule has 0 aliphatic carbocycles. The number of halogens is 1. The van der Waals surface area contributed by atoms with Crippen LogP contribution in [0.3, 0.4) is 0 Å². The van der Waals surface area contributed by atoms with Gasteiger partial charge in [-0.1, -0.05) is 23.6 Å². The van der Waals surface area contributed by atoms with Gasteiger partial charge < -0.3 is 4.98 Å². The summed E-state index contributed by atoms with van der Waals surface area (Å²) < 4.78 is 0. The van der Waals surface area contributed by atoms with Gasteiger partial charge >= 0.3 is 0 Å². The second kappa shape index (κ2) is 3.40. The van der Waals surface area contributed by atoms with Crippen LogP contribution in [0.5, 0.6) is 0 Å². The number of hydrogen-bond donors (Lipinski definition) is 1. The van der Waals surface area contributed by atoms with Crippen molar-refractivity contribution in [1.29, 1.82) is 0 Å². The van der Waals surface area contributed by atoms with Gasteiger partial charge in [-0.05, 0) is 24.6 Å². The molecule has 2 aromatic rings. The summed E-state index contributed by atoms with van der Waals surface area (Å²) in [7, 11) is 0. The molecule has 1 aromatic carbocycles. The minimum absolute atomic E-state index is 0.130. The van der Waals surface area contributed by atoms with E-state index in [1.165, 1.54) is 0 Å². The molecular weight excluding hydrogens is 194 g/mol. The standard InChI is InChI=1S/C12H10ClN/c1-3-8(2)11-7-14-12-6-9(13)4-5-10(11)12/h1,4-8,14H,2H3. The fourth-order valence-corrected chi connectivity index (χ4v) is 1.74. The predicted octanol–water partition coefficient (Wildman–Crippen LogP) is 3.56. The van der Waals surface area contributed by atoms with Gasteiger partial charge in [0.1, 0.15) is 0 Å². The summed E-state index contributed by atoms with van der Waals surface area (Å²) in [6.45, 7) is 2.01. The molecule has 70 valence electrons. The Kier molecular flexibility index (Phi) is 2.23. The Hall–Kier alpha value is -1.39. The average Bonchev–Trinajstić information content (AvgIpc) is 2.59. The van der Waals surface area contributed by atoms with E-state index in [0.29, 0.717) is 0 Å². The van der Waals surface area contributed by atoms with E-state index >= 15 is 0 Å². The molecule has 2 rings (SSSR count). The molecule has 0 amide bonds. The van der Waals surface area contributed by atoms with E-state index in [2.05, 4.69) is 10.9 Å². The topological polar surface area (TPSA) is 15.8 Å². The number of H-pyrrole nitrogens is 1. The molecule has 1 unspecified atom stereocenters. The first-order valence-corrected chi connectivity index (χ1v) is 4.83. The number of terminal acetylenes is 1. The summed E-state index contributed by atoms with van der Waals surface area (Å²) >= 11 is 5.88. The van der Waals surface area contributed by atoms with Gasteiger partial charge in [0.05, 0.1) is 0 Å². The van der Waals surface area contributed by atoms with Crippen LogP contribution in [0.15, 0.2) is 24.4 Å². The van der Waals surface area contributed by atoms with Crippen molar-refractivity contribution in [1.82, 2.24) is 4.98 Å². The molecule has 1 aromatic heterocycles. The van der Waals surface area contributed by atoms with Crippen molar-refractivity contribution < 1.29 is 0 Å². The first-order valence-electron chi connectivity index (χ1n) is 4.45. The molecule has 0 aliphatic heterocycles. The van der Waals surface area contributed by atoms with Crippen LogP contribution in [0.25, 0.3) is 10.9 Å². The van der Waals surface area contributed by atoms with Gasteiger partial charge in [-0.2, -0.15) is 0 Å². The van der Waals surface area contributed by atoms with Gasteiger partial charge in [0.25, 0.3) is 0 Å². The number of fused-ring (bicyclic) bond motifs is 1. The highest BCUT2D eigenvalue weighted by Crippen LogP contribution is 2.26. The molecule has 2 heteroatoms. The van der Waals surface area contributed by atoms with E-state index in [-0.39, 0.29) is 5.92 Å². The molecule has 1 heterocycles. The van der Waals surface area contributed by atoms with Crippen molar-refractivity contribution in [2.45, 2.75) is 12.8 Å². The van der Waals surface area contributed by atoms with Gasteiger partial charge in [-0.3, -0.25) is 0 Å². The zero-order valence-electron chi connectivity index (χ0n) is 7.84. The molecule has 1 N–H and O–H groups in total. The van der Waals surface area contributed by atoms with Crippen molar-refractivity contribution in [3.8, 4) is 12.3 Å². The summed E-state index contributed by atoms with van der Waals surface area (Å²) in [6.07, 6.45) is 7.34. The molecule has 0 spiro atoms. The zero-order valence-corrected chi connectivity index (χ0v) is 8.60. The molecule has 0 aliphatic rings. The van der Waals surface area contributed by atoms with Crippen LogP contribution in [-0.4, -0.2) is 4.98 Å². The first kappa shape index (κ1) is 9.18. The summed E-state index contributed by atoms with van der Waals surface area (Å²) in [6, 6.07) is 5.78. The molecule has 14 heavy (non-hydrogen) atoms. The number of benzene rings is 1. The van der Waals surface area contributed by atoms with Gasteiger partial charge in [-0.25, -0.2) is 0 Å². The Morgan fingerprint density at radius 1 is 1.50 bits per heavy atom. The largest absolute Gasteiger partial charge is 0.361 e. The molecule has 0 saturated heterocycles. The van der Waals surface area contributed by atoms with Crippen molar-refractivity contribution in [3.63, 3.8) is 0 Å². The zero-order chi connectivity index (χ0) is 10.1. The lowest BCUT2D eigenvalue weighted by Gasteiger charge is -2.01. The van der Waals surface area contributed by atoms with Crippen LogP contribution < -0.4 is 0 Å². The van der Waals surface area contributed by atoms with E-state index < -0.39 is 0 Å². The molecule has 1 nitrogen and oxygen atoms in total. The second-order valence-electron chi connectivity index (χ2n) is 3.32. The fourth-order valence-electron chi connectivity index (χ4n) is 1.57. The van der Waals surface area contributed by atoms with Crippen LogP contribution in [0.4, 0.5) is 0 Å². The number of aromatic nitrogens is 1. The summed E-state index contributed by atoms with van der Waals surface area (Å²) in [5.74, 6) is 2.85. The average molecular weight is 204 g/mol. The first-order chi connectivity index (χ1) is 6.72. The summed E-state index contributed by atoms with van der Waals surface area (Å²) in [5.41, 5.74) is 2.19. The highest BCUT2D eigenvalue weighted by molar-refractivity contribution is 6.31. The lowest BCUT2D eigenvalue weighted by molar-refractivity contribution is 1.02. The highest BCUT2D eigenvalue weighted by atomic mass is 35.5. The molecule has 0 saturated carbocycles. The van der Waals surface area contributed by atoms with Gasteiger partial charge in [0.15, 0.2) is 0 Å². The molecule has 0 fully saturated rings. The molecule has 0 radical (unpaired) electrons. The van der Waals surface area contributed by atoms with E-state index in [1.807, 2.05) is 31.3 Å². The van der Waals surface area contributed by atoms with E-state index in [0.717, 1.165) is 21.5 Å². The normalized spacial score (nSPS) is 12.6. The third-order valence-corrected chi connectivity index (χ3v) is 2.63. The smallest absolute Gasteiger partial charge is 0.0472 e. The summed E-state index contributed by atoms with van der Waals surface area (Å²) in [5, 5.41) is 1.89. The molecule has 1 atom stereocenters. The maximum Gasteiger partial charge on any atom is 0.0472 e. The minimum atomic E-state index is 0.130. The fraction of sp³-hybridized carbons (Fsp3) is 0.167. The third kappa shape index (κ3) is 1.38. The van der Waals surface area contributed by atoms with Crippen LogP contribution in [0, 0.1) is 12.3 Å². The van der Waals surface area contributed by atoms with E-state index in [4.69, 9.17) is 18.0 Å². The van der Waals surface area contributed by atoms with E-state index in [9.17, 15) is 0 Å². The van der Waals surface area contributed by atoms with Crippen LogP contribution in [-0.2, 0) is 0 Å². The third-order valence-electron chi connectivity index (χ3n) is 2.39. The number of aromatic amines is 1. The van der Waals surface area contributed by atoms with Gasteiger partial charge in [0.2, 0.25) is 0 Å². The van der Waals surface area contributed by atoms with E-state index in [1.54, 1.807) is 0 Å². The molecule has 0 bridgehead atoms.